The highest BCUT2D eigenvalue weighted by Gasteiger charge is 2.35. The molecule has 0 aliphatic carbocycles. The third-order valence-corrected chi connectivity index (χ3v) is 3.96. The van der Waals surface area contributed by atoms with Gasteiger partial charge in [0.2, 0.25) is 5.52 Å². The van der Waals surface area contributed by atoms with Crippen LogP contribution in [0.2, 0.25) is 0 Å². The van der Waals surface area contributed by atoms with Gasteiger partial charge in [-0.15, -0.1) is 0 Å². The predicted octanol–water partition coefficient (Wildman–Crippen LogP) is 2.64. The van der Waals surface area contributed by atoms with Crippen molar-refractivity contribution in [2.24, 2.45) is 6.98 Å². The van der Waals surface area contributed by atoms with Crippen LogP contribution < -0.4 is 4.57 Å². The average molecular weight is 265 g/mol. The monoisotopic (exact) mass is 265 g/mol. The summed E-state index contributed by atoms with van der Waals surface area (Å²) in [5.74, 6) is 0.655. The van der Waals surface area contributed by atoms with Crippen molar-refractivity contribution in [2.75, 3.05) is 0 Å². The van der Waals surface area contributed by atoms with E-state index in [2.05, 4.69) is 4.98 Å². The quantitative estimate of drug-likeness (QED) is 0.403. The summed E-state index contributed by atoms with van der Waals surface area (Å²) in [7, 11) is 0. The maximum Gasteiger partial charge on any atom is 0.339 e. The second kappa shape index (κ2) is 3.28. The zero-order valence-electron chi connectivity index (χ0n) is 13.5. The van der Waals surface area contributed by atoms with E-state index < -0.39 is 6.98 Å². The van der Waals surface area contributed by atoms with Gasteiger partial charge in [-0.3, -0.25) is 4.98 Å². The van der Waals surface area contributed by atoms with Crippen LogP contribution in [-0.4, -0.2) is 9.55 Å². The van der Waals surface area contributed by atoms with Gasteiger partial charge in [-0.25, -0.2) is 4.57 Å². The predicted molar refractivity (Wildman–Crippen MR) is 75.2 cm³/mol. The molecule has 3 aromatic heterocycles. The third-order valence-electron chi connectivity index (χ3n) is 3.96. The van der Waals surface area contributed by atoms with Gasteiger partial charge in [0.25, 0.3) is 5.82 Å². The van der Waals surface area contributed by atoms with Gasteiger partial charge in [-0.1, -0.05) is 12.1 Å². The molecule has 4 heteroatoms. The highest BCUT2D eigenvalue weighted by Crippen LogP contribution is 2.36. The van der Waals surface area contributed by atoms with Gasteiger partial charge in [0.05, 0.1) is 22.0 Å². The fourth-order valence-electron chi connectivity index (χ4n) is 3.12. The van der Waals surface area contributed by atoms with Crippen molar-refractivity contribution in [1.82, 2.24) is 9.55 Å². The molecular weight excluding hydrogens is 250 g/mol. The molecule has 0 spiro atoms. The molecule has 1 aliphatic rings. The van der Waals surface area contributed by atoms with E-state index in [1.54, 1.807) is 12.4 Å². The third kappa shape index (κ3) is 1.04. The number of nitrogens with zero attached hydrogens (tertiary/aromatic N) is 3. The lowest BCUT2D eigenvalue weighted by Gasteiger charge is -1.93. The zero-order valence-corrected chi connectivity index (χ0v) is 10.5. The smallest absolute Gasteiger partial charge is 0.339 e. The summed E-state index contributed by atoms with van der Waals surface area (Å²) in [6, 6.07) is 9.49. The lowest BCUT2D eigenvalue weighted by atomic mass is 10.2. The summed E-state index contributed by atoms with van der Waals surface area (Å²) in [4.78, 5) is 4.15. The first-order valence-corrected chi connectivity index (χ1v) is 6.45. The fraction of sp³-hybridized carbons (Fsp3) is 0.125. The van der Waals surface area contributed by atoms with Crippen molar-refractivity contribution < 1.29 is 13.1 Å². The summed E-state index contributed by atoms with van der Waals surface area (Å²) in [6.07, 6.45) is 3.48. The molecule has 1 aliphatic heterocycles. The van der Waals surface area contributed by atoms with Crippen LogP contribution in [0.4, 0.5) is 0 Å². The number of benzene rings is 1. The van der Waals surface area contributed by atoms with Crippen LogP contribution in [0.3, 0.4) is 0 Å². The fourth-order valence-corrected chi connectivity index (χ4v) is 3.12. The summed E-state index contributed by atoms with van der Waals surface area (Å²) in [5, 5.41) is 0.924. The van der Waals surface area contributed by atoms with Crippen molar-refractivity contribution >= 4 is 22.2 Å². The van der Waals surface area contributed by atoms with E-state index in [0.717, 1.165) is 22.0 Å². The highest BCUT2D eigenvalue weighted by atomic mass is 16.3. The van der Waals surface area contributed by atoms with Gasteiger partial charge < -0.3 is 4.42 Å². The van der Waals surface area contributed by atoms with E-state index in [1.165, 1.54) is 4.57 Å². The number of furan rings is 1. The number of pyridine rings is 1. The molecule has 1 aromatic carbocycles. The molecule has 4 nitrogen and oxygen atoms in total. The molecule has 0 saturated carbocycles. The molecular formula is C16H12N3O+. The van der Waals surface area contributed by atoms with E-state index in [4.69, 9.17) is 8.53 Å². The second-order valence-electron chi connectivity index (χ2n) is 5.03. The van der Waals surface area contributed by atoms with E-state index in [9.17, 15) is 0 Å². The van der Waals surface area contributed by atoms with Crippen molar-refractivity contribution in [2.45, 2.75) is 6.54 Å². The Morgan fingerprint density at radius 3 is 3.25 bits per heavy atom. The molecule has 0 atom stereocenters. The Bertz CT molecular complexity index is 1090. The Kier molecular flexibility index (Phi) is 1.29. The number of rotatable bonds is 0. The molecule has 4 heterocycles. The van der Waals surface area contributed by atoms with Gasteiger partial charge in [-0.2, -0.15) is 4.57 Å². The number of para-hydroxylation sites is 1. The van der Waals surface area contributed by atoms with E-state index in [1.807, 2.05) is 34.9 Å². The lowest BCUT2D eigenvalue weighted by Crippen LogP contribution is -2.29. The Morgan fingerprint density at radius 1 is 1.35 bits per heavy atom. The summed E-state index contributed by atoms with van der Waals surface area (Å²) < 4.78 is 33.1. The van der Waals surface area contributed by atoms with Gasteiger partial charge in [0.15, 0.2) is 0 Å². The second-order valence-corrected chi connectivity index (χ2v) is 5.03. The number of fused-ring (bicyclic) bond motifs is 7. The van der Waals surface area contributed by atoms with Gasteiger partial charge >= 0.3 is 5.71 Å². The zero-order chi connectivity index (χ0) is 15.8. The first-order chi connectivity index (χ1) is 11.1. The van der Waals surface area contributed by atoms with Crippen molar-refractivity contribution in [3.8, 4) is 11.4 Å². The van der Waals surface area contributed by atoms with E-state index in [-0.39, 0.29) is 0 Å². The number of hydrogen-bond donors (Lipinski definition) is 0. The molecule has 0 radical (unpaired) electrons. The van der Waals surface area contributed by atoms with Crippen LogP contribution in [0.25, 0.3) is 33.6 Å². The van der Waals surface area contributed by atoms with Crippen molar-refractivity contribution in [3.05, 3.63) is 48.3 Å². The molecule has 4 aromatic rings. The summed E-state index contributed by atoms with van der Waals surface area (Å²) in [5.41, 5.74) is 3.82. The Labute approximate surface area is 119 Å². The molecule has 0 fully saturated rings. The van der Waals surface area contributed by atoms with Gasteiger partial charge in [0, 0.05) is 18.0 Å². The van der Waals surface area contributed by atoms with E-state index >= 15 is 0 Å². The Balaban J connectivity index is 2.01. The normalized spacial score (nSPS) is 15.9. The summed E-state index contributed by atoms with van der Waals surface area (Å²) in [6.45, 7) is -1.72. The molecule has 5 rings (SSSR count). The van der Waals surface area contributed by atoms with E-state index in [0.29, 0.717) is 23.7 Å². The number of aromatic nitrogens is 3. The Morgan fingerprint density at radius 2 is 2.30 bits per heavy atom. The highest BCUT2D eigenvalue weighted by molar-refractivity contribution is 6.01. The standard InChI is InChI=1S/C16H12N3O/c1-18-15-11-6-7-17-8-10(11)9-19(15)14-12-4-2-3-5-13(12)20-16(14)18/h2-8H,9H2,1H3/q+1/i1D3. The molecule has 0 N–H and O–H groups in total. The maximum absolute atomic E-state index is 7.96. The van der Waals surface area contributed by atoms with Crippen molar-refractivity contribution in [1.29, 1.82) is 0 Å². The first kappa shape index (κ1) is 7.85. The van der Waals surface area contributed by atoms with Gasteiger partial charge in [-0.05, 0) is 18.2 Å². The van der Waals surface area contributed by atoms with Crippen LogP contribution in [0.5, 0.6) is 0 Å². The topological polar surface area (TPSA) is 34.8 Å². The van der Waals surface area contributed by atoms with Crippen LogP contribution in [0, 0.1) is 0 Å². The minimum absolute atomic E-state index is 0.392. The molecule has 96 valence electrons. The van der Waals surface area contributed by atoms with Crippen molar-refractivity contribution in [3.63, 3.8) is 0 Å². The minimum Gasteiger partial charge on any atom is -0.419 e. The molecule has 0 bridgehead atoms. The van der Waals surface area contributed by atoms with Gasteiger partial charge in [0.1, 0.15) is 12.1 Å². The minimum atomic E-state index is -2.32. The number of hydrogen-bond acceptors (Lipinski definition) is 2. The molecule has 20 heavy (non-hydrogen) atoms. The molecule has 0 amide bonds. The molecule has 0 unspecified atom stereocenters. The number of aryl methyl sites for hydroxylation is 1. The maximum atomic E-state index is 7.96. The average Bonchev–Trinajstić information content (AvgIpc) is 3.12. The van der Waals surface area contributed by atoms with Crippen LogP contribution >= 0.6 is 0 Å². The lowest BCUT2D eigenvalue weighted by molar-refractivity contribution is -0.640. The molecule has 0 saturated heterocycles. The largest absolute Gasteiger partial charge is 0.419 e. The van der Waals surface area contributed by atoms with Crippen LogP contribution in [-0.2, 0) is 13.5 Å². The number of imidazole rings is 1. The Hall–Kier alpha value is -2.62. The first-order valence-electron chi connectivity index (χ1n) is 7.95. The SMILES string of the molecule is [2H]C([2H])([2H])[n+]1c2n(c3c4ccccc4oc31)Cc1cnccc1-2. The summed E-state index contributed by atoms with van der Waals surface area (Å²) >= 11 is 0. The van der Waals surface area contributed by atoms with Crippen LogP contribution in [0.15, 0.2) is 47.1 Å². The van der Waals surface area contributed by atoms with Crippen LogP contribution in [0.1, 0.15) is 9.68 Å².